The maximum absolute atomic E-state index is 12.9. The third-order valence-corrected chi connectivity index (χ3v) is 4.32. The summed E-state index contributed by atoms with van der Waals surface area (Å²) in [5.41, 5.74) is 5.82. The van der Waals surface area contributed by atoms with Crippen LogP contribution in [0.25, 0.3) is 0 Å². The van der Waals surface area contributed by atoms with Crippen molar-refractivity contribution in [3.8, 4) is 0 Å². The number of hydrogen-bond donors (Lipinski definition) is 5. The molecule has 1 unspecified atom stereocenters. The van der Waals surface area contributed by atoms with Gasteiger partial charge in [0.25, 0.3) is 0 Å². The minimum atomic E-state index is -1.38. The van der Waals surface area contributed by atoms with Crippen molar-refractivity contribution in [1.29, 1.82) is 5.41 Å². The monoisotopic (exact) mass is 476 g/mol. The molecule has 0 aliphatic heterocycles. The fraction of sp³-hybridized carbons (Fsp3) is 0.435. The van der Waals surface area contributed by atoms with Crippen LogP contribution in [0.5, 0.6) is 0 Å². The Morgan fingerprint density at radius 1 is 1.15 bits per heavy atom. The van der Waals surface area contributed by atoms with Crippen LogP contribution in [0, 0.1) is 5.41 Å². The van der Waals surface area contributed by atoms with Gasteiger partial charge in [-0.2, -0.15) is 0 Å². The molecule has 2 atom stereocenters. The number of aliphatic carboxylic acids is 1. The van der Waals surface area contributed by atoms with Crippen LogP contribution in [-0.4, -0.2) is 59.2 Å². The topological polar surface area (TPSA) is 181 Å². The van der Waals surface area contributed by atoms with E-state index in [1.807, 2.05) is 0 Å². The Morgan fingerprint density at radius 3 is 2.26 bits per heavy atom. The van der Waals surface area contributed by atoms with Crippen molar-refractivity contribution < 1.29 is 33.8 Å². The Kier molecular flexibility index (Phi) is 10.7. The summed E-state index contributed by atoms with van der Waals surface area (Å²) in [6.07, 6.45) is 0.0519. The van der Waals surface area contributed by atoms with Crippen molar-refractivity contribution in [2.45, 2.75) is 57.7 Å². The Labute approximate surface area is 198 Å². The number of rotatable bonds is 12. The second-order valence-corrected chi connectivity index (χ2v) is 8.42. The van der Waals surface area contributed by atoms with Crippen LogP contribution < -0.4 is 16.4 Å². The number of carboxylic acids is 1. The molecule has 6 N–H and O–H groups in total. The average molecular weight is 477 g/mol. The minimum absolute atomic E-state index is 0.00557. The van der Waals surface area contributed by atoms with Crippen LogP contribution in [-0.2, 0) is 30.3 Å². The second-order valence-electron chi connectivity index (χ2n) is 8.42. The van der Waals surface area contributed by atoms with Crippen molar-refractivity contribution in [1.82, 2.24) is 10.6 Å². The molecule has 11 nitrogen and oxygen atoms in total. The fourth-order valence-corrected chi connectivity index (χ4v) is 2.77. The Balaban J connectivity index is 2.94. The Morgan fingerprint density at radius 2 is 1.76 bits per heavy atom. The van der Waals surface area contributed by atoms with Gasteiger partial charge in [0.2, 0.25) is 5.91 Å². The first kappa shape index (κ1) is 28.1. The summed E-state index contributed by atoms with van der Waals surface area (Å²) in [7, 11) is 0. The SMILES string of the molecule is C=CCOC(=O)N[C@@H](Cc1ccc(C(=N)N)cc1)C(=O)NC(CCC(=O)OC(C)(C)C)C(=O)O. The van der Waals surface area contributed by atoms with E-state index in [1.165, 1.54) is 6.08 Å². The van der Waals surface area contributed by atoms with E-state index in [-0.39, 0.29) is 31.7 Å². The third-order valence-electron chi connectivity index (χ3n) is 4.32. The standard InChI is InChI=1S/C23H32N4O7/c1-5-12-33-22(32)27-17(13-14-6-8-15(9-7-14)19(24)25)20(29)26-16(21(30)31)10-11-18(28)34-23(2,3)4/h5-9,16-17H,1,10-13H2,2-4H3,(H3,24,25)(H,26,29)(H,27,32)(H,30,31)/t16?,17-/m0/s1. The molecule has 0 heterocycles. The largest absolute Gasteiger partial charge is 0.480 e. The lowest BCUT2D eigenvalue weighted by molar-refractivity contribution is -0.155. The van der Waals surface area contributed by atoms with Crippen LogP contribution in [0.15, 0.2) is 36.9 Å². The van der Waals surface area contributed by atoms with Gasteiger partial charge in [0.1, 0.15) is 30.1 Å². The first-order chi connectivity index (χ1) is 15.8. The zero-order chi connectivity index (χ0) is 25.9. The molecule has 186 valence electrons. The van der Waals surface area contributed by atoms with Gasteiger partial charge in [0.05, 0.1) is 0 Å². The first-order valence-electron chi connectivity index (χ1n) is 10.5. The summed E-state index contributed by atoms with van der Waals surface area (Å²) in [6.45, 7) is 8.42. The van der Waals surface area contributed by atoms with Gasteiger partial charge in [-0.15, -0.1) is 0 Å². The molecule has 0 aliphatic rings. The van der Waals surface area contributed by atoms with Gasteiger partial charge in [-0.25, -0.2) is 9.59 Å². The first-order valence-corrected chi connectivity index (χ1v) is 10.5. The number of ether oxygens (including phenoxy) is 2. The fourth-order valence-electron chi connectivity index (χ4n) is 2.77. The second kappa shape index (κ2) is 13.0. The molecule has 0 fully saturated rings. The number of esters is 1. The van der Waals surface area contributed by atoms with Crippen LogP contribution in [0.2, 0.25) is 0 Å². The number of carbonyl (C=O) groups is 4. The number of amides is 2. The maximum atomic E-state index is 12.9. The number of benzene rings is 1. The number of nitrogen functional groups attached to an aromatic ring is 1. The maximum Gasteiger partial charge on any atom is 0.408 e. The van der Waals surface area contributed by atoms with E-state index >= 15 is 0 Å². The molecular weight excluding hydrogens is 444 g/mol. The highest BCUT2D eigenvalue weighted by atomic mass is 16.6. The van der Waals surface area contributed by atoms with Crippen LogP contribution in [0.1, 0.15) is 44.7 Å². The molecule has 0 bridgehead atoms. The van der Waals surface area contributed by atoms with Gasteiger partial charge in [-0.05, 0) is 32.8 Å². The molecule has 1 rings (SSSR count). The number of hydrogen-bond acceptors (Lipinski definition) is 7. The van der Waals surface area contributed by atoms with Gasteiger partial charge in [0.15, 0.2) is 0 Å². The zero-order valence-corrected chi connectivity index (χ0v) is 19.6. The van der Waals surface area contributed by atoms with E-state index in [4.69, 9.17) is 20.6 Å². The van der Waals surface area contributed by atoms with Crippen molar-refractivity contribution in [3.63, 3.8) is 0 Å². The van der Waals surface area contributed by atoms with E-state index in [2.05, 4.69) is 17.2 Å². The van der Waals surface area contributed by atoms with Gasteiger partial charge in [0, 0.05) is 18.4 Å². The highest BCUT2D eigenvalue weighted by molar-refractivity contribution is 5.95. The predicted molar refractivity (Wildman–Crippen MR) is 124 cm³/mol. The van der Waals surface area contributed by atoms with Crippen LogP contribution in [0.4, 0.5) is 4.79 Å². The predicted octanol–water partition coefficient (Wildman–Crippen LogP) is 1.49. The lowest BCUT2D eigenvalue weighted by atomic mass is 10.0. The summed E-state index contributed by atoms with van der Waals surface area (Å²) in [5, 5.41) is 21.7. The van der Waals surface area contributed by atoms with Gasteiger partial charge >= 0.3 is 18.0 Å². The number of carbonyl (C=O) groups excluding carboxylic acids is 3. The quantitative estimate of drug-likeness (QED) is 0.130. The molecular formula is C23H32N4O7. The number of amidine groups is 1. The lowest BCUT2D eigenvalue weighted by Gasteiger charge is -2.22. The van der Waals surface area contributed by atoms with Gasteiger partial charge < -0.3 is 30.9 Å². The minimum Gasteiger partial charge on any atom is -0.480 e. The number of nitrogens with two attached hydrogens (primary N) is 1. The summed E-state index contributed by atoms with van der Waals surface area (Å²) < 4.78 is 10.0. The van der Waals surface area contributed by atoms with E-state index in [9.17, 15) is 24.3 Å². The van der Waals surface area contributed by atoms with E-state index in [0.717, 1.165) is 0 Å². The van der Waals surface area contributed by atoms with Crippen molar-refractivity contribution >= 4 is 29.8 Å². The molecule has 2 amide bonds. The molecule has 0 radical (unpaired) electrons. The zero-order valence-electron chi connectivity index (χ0n) is 19.6. The summed E-state index contributed by atoms with van der Waals surface area (Å²) in [4.78, 5) is 48.5. The molecule has 0 saturated heterocycles. The molecule has 0 aliphatic carbocycles. The smallest absolute Gasteiger partial charge is 0.408 e. The van der Waals surface area contributed by atoms with E-state index in [0.29, 0.717) is 11.1 Å². The molecule has 11 heteroatoms. The normalized spacial score (nSPS) is 12.6. The lowest BCUT2D eigenvalue weighted by Crippen LogP contribution is -2.52. The molecule has 0 aromatic heterocycles. The number of nitrogens with one attached hydrogen (secondary N) is 3. The highest BCUT2D eigenvalue weighted by Crippen LogP contribution is 2.11. The third kappa shape index (κ3) is 10.6. The molecule has 1 aromatic carbocycles. The Hall–Kier alpha value is -3.89. The average Bonchev–Trinajstić information content (AvgIpc) is 2.73. The molecule has 34 heavy (non-hydrogen) atoms. The molecule has 0 spiro atoms. The van der Waals surface area contributed by atoms with Crippen molar-refractivity contribution in [2.75, 3.05) is 6.61 Å². The molecule has 0 saturated carbocycles. The van der Waals surface area contributed by atoms with Crippen molar-refractivity contribution in [3.05, 3.63) is 48.0 Å². The van der Waals surface area contributed by atoms with E-state index < -0.39 is 41.6 Å². The van der Waals surface area contributed by atoms with Crippen LogP contribution in [0.3, 0.4) is 0 Å². The summed E-state index contributed by atoms with van der Waals surface area (Å²) >= 11 is 0. The number of alkyl carbamates (subject to hydrolysis) is 1. The molecule has 1 aromatic rings. The summed E-state index contributed by atoms with van der Waals surface area (Å²) in [6, 6.07) is 3.88. The van der Waals surface area contributed by atoms with Crippen LogP contribution >= 0.6 is 0 Å². The van der Waals surface area contributed by atoms with Crippen molar-refractivity contribution in [2.24, 2.45) is 5.73 Å². The van der Waals surface area contributed by atoms with E-state index in [1.54, 1.807) is 45.0 Å². The highest BCUT2D eigenvalue weighted by Gasteiger charge is 2.28. The van der Waals surface area contributed by atoms with Gasteiger partial charge in [-0.3, -0.25) is 15.0 Å². The summed E-state index contributed by atoms with van der Waals surface area (Å²) in [5.74, 6) is -2.83. The Bertz CT molecular complexity index is 907. The number of carboxylic acid groups (broad SMARTS) is 1. The van der Waals surface area contributed by atoms with Gasteiger partial charge in [-0.1, -0.05) is 36.9 Å².